The molecule has 0 bridgehead atoms. The third-order valence-electron chi connectivity index (χ3n) is 2.12. The number of amides is 1. The van der Waals surface area contributed by atoms with E-state index in [1.165, 1.54) is 6.92 Å². The smallest absolute Gasteiger partial charge is 0.235 e. The van der Waals surface area contributed by atoms with Crippen LogP contribution in [0, 0.1) is 0 Å². The van der Waals surface area contributed by atoms with Gasteiger partial charge in [-0.1, -0.05) is 30.3 Å². The summed E-state index contributed by atoms with van der Waals surface area (Å²) in [5, 5.41) is 0. The number of hydrogen-bond donors (Lipinski definition) is 1. The maximum absolute atomic E-state index is 11.0. The van der Waals surface area contributed by atoms with E-state index in [1.807, 2.05) is 6.07 Å². The van der Waals surface area contributed by atoms with Crippen LogP contribution in [-0.4, -0.2) is 12.2 Å². The molecule has 3 heteroatoms. The van der Waals surface area contributed by atoms with Crippen LogP contribution in [0.15, 0.2) is 30.3 Å². The largest absolute Gasteiger partial charge is 0.369 e. The van der Waals surface area contributed by atoms with Crippen LogP contribution < -0.4 is 5.73 Å². The average Bonchev–Trinajstić information content (AvgIpc) is 2.17. The Morgan fingerprint density at radius 2 is 1.92 bits per heavy atom. The maximum Gasteiger partial charge on any atom is 0.235 e. The van der Waals surface area contributed by atoms with E-state index in [1.54, 1.807) is 24.3 Å². The molecule has 68 valence electrons. The van der Waals surface area contributed by atoms with E-state index in [9.17, 15) is 9.59 Å². The van der Waals surface area contributed by atoms with Crippen molar-refractivity contribution < 1.29 is 9.59 Å². The number of rotatable bonds is 3. The predicted molar refractivity (Wildman–Crippen MR) is 49.1 cm³/mol. The van der Waals surface area contributed by atoms with Crippen molar-refractivity contribution in [2.24, 2.45) is 5.73 Å². The van der Waals surface area contributed by atoms with Crippen LogP contribution in [-0.2, 0) is 15.0 Å². The van der Waals surface area contributed by atoms with Crippen molar-refractivity contribution in [3.05, 3.63) is 35.9 Å². The normalized spacial score (nSPS) is 14.5. The first-order valence-corrected chi connectivity index (χ1v) is 3.93. The molecule has 0 radical (unpaired) electrons. The number of benzene rings is 1. The Hall–Kier alpha value is -1.64. The van der Waals surface area contributed by atoms with Crippen molar-refractivity contribution in [1.29, 1.82) is 0 Å². The Bertz CT molecular complexity index is 321. The van der Waals surface area contributed by atoms with Crippen LogP contribution in [0.25, 0.3) is 0 Å². The van der Waals surface area contributed by atoms with E-state index < -0.39 is 11.3 Å². The monoisotopic (exact) mass is 177 g/mol. The molecule has 0 spiro atoms. The van der Waals surface area contributed by atoms with Gasteiger partial charge in [0.05, 0.1) is 0 Å². The standard InChI is InChI=1S/C10H11NO2/c1-10(7-12,9(11)13)8-5-3-2-4-6-8/h2-7H,1H3,(H2,11,13). The highest BCUT2D eigenvalue weighted by Gasteiger charge is 2.32. The number of primary amides is 1. The number of carbonyl (C=O) groups is 2. The molecule has 3 nitrogen and oxygen atoms in total. The van der Waals surface area contributed by atoms with Crippen LogP contribution in [0.2, 0.25) is 0 Å². The fraction of sp³-hybridized carbons (Fsp3) is 0.200. The lowest BCUT2D eigenvalue weighted by Crippen LogP contribution is -2.39. The van der Waals surface area contributed by atoms with Crippen LogP contribution >= 0.6 is 0 Å². The Morgan fingerprint density at radius 1 is 1.38 bits per heavy atom. The van der Waals surface area contributed by atoms with Crippen LogP contribution in [0.4, 0.5) is 0 Å². The molecular formula is C10H11NO2. The van der Waals surface area contributed by atoms with E-state index in [-0.39, 0.29) is 0 Å². The molecular weight excluding hydrogens is 166 g/mol. The molecule has 0 heterocycles. The molecule has 0 aliphatic rings. The minimum Gasteiger partial charge on any atom is -0.369 e. The first kappa shape index (κ1) is 9.45. The van der Waals surface area contributed by atoms with Crippen molar-refractivity contribution >= 4 is 12.2 Å². The van der Waals surface area contributed by atoms with Crippen molar-refractivity contribution in [2.45, 2.75) is 12.3 Å². The lowest BCUT2D eigenvalue weighted by molar-refractivity contribution is -0.128. The van der Waals surface area contributed by atoms with Crippen LogP contribution in [0.1, 0.15) is 12.5 Å². The van der Waals surface area contributed by atoms with Gasteiger partial charge in [0.2, 0.25) is 5.91 Å². The average molecular weight is 177 g/mol. The van der Waals surface area contributed by atoms with Crippen molar-refractivity contribution in [1.82, 2.24) is 0 Å². The van der Waals surface area contributed by atoms with Gasteiger partial charge in [0, 0.05) is 0 Å². The fourth-order valence-electron chi connectivity index (χ4n) is 1.05. The highest BCUT2D eigenvalue weighted by Crippen LogP contribution is 2.20. The number of carbonyl (C=O) groups excluding carboxylic acids is 2. The van der Waals surface area contributed by atoms with Gasteiger partial charge in [-0.3, -0.25) is 4.79 Å². The van der Waals surface area contributed by atoms with E-state index in [0.29, 0.717) is 11.8 Å². The van der Waals surface area contributed by atoms with Gasteiger partial charge in [0.15, 0.2) is 0 Å². The van der Waals surface area contributed by atoms with Crippen molar-refractivity contribution in [3.8, 4) is 0 Å². The summed E-state index contributed by atoms with van der Waals surface area (Å²) in [5.41, 5.74) is 4.56. The Balaban J connectivity index is 3.18. The molecule has 1 amide bonds. The predicted octanol–water partition coefficient (Wildman–Crippen LogP) is 0.628. The summed E-state index contributed by atoms with van der Waals surface area (Å²) in [5.74, 6) is -0.631. The van der Waals surface area contributed by atoms with Gasteiger partial charge in [0.1, 0.15) is 11.7 Å². The minimum absolute atomic E-state index is 0.574. The third-order valence-corrected chi connectivity index (χ3v) is 2.12. The molecule has 0 aromatic heterocycles. The van der Waals surface area contributed by atoms with E-state index in [0.717, 1.165) is 0 Å². The second-order valence-corrected chi connectivity index (χ2v) is 3.05. The summed E-state index contributed by atoms with van der Waals surface area (Å²) in [7, 11) is 0. The second kappa shape index (κ2) is 3.39. The second-order valence-electron chi connectivity index (χ2n) is 3.05. The fourth-order valence-corrected chi connectivity index (χ4v) is 1.05. The van der Waals surface area contributed by atoms with Gasteiger partial charge >= 0.3 is 0 Å². The Morgan fingerprint density at radius 3 is 2.31 bits per heavy atom. The van der Waals surface area contributed by atoms with Crippen LogP contribution in [0.5, 0.6) is 0 Å². The van der Waals surface area contributed by atoms with Gasteiger partial charge in [-0.25, -0.2) is 0 Å². The molecule has 0 saturated heterocycles. The molecule has 0 saturated carbocycles. The molecule has 2 N–H and O–H groups in total. The third kappa shape index (κ3) is 1.59. The summed E-state index contributed by atoms with van der Waals surface area (Å²) < 4.78 is 0. The molecule has 13 heavy (non-hydrogen) atoms. The zero-order valence-corrected chi connectivity index (χ0v) is 7.36. The zero-order valence-electron chi connectivity index (χ0n) is 7.36. The van der Waals surface area contributed by atoms with Gasteiger partial charge in [-0.2, -0.15) is 0 Å². The first-order valence-electron chi connectivity index (χ1n) is 3.93. The summed E-state index contributed by atoms with van der Waals surface area (Å²) in [4.78, 5) is 21.8. The lowest BCUT2D eigenvalue weighted by Gasteiger charge is -2.18. The highest BCUT2D eigenvalue weighted by atomic mass is 16.2. The summed E-state index contributed by atoms with van der Waals surface area (Å²) in [6, 6.07) is 8.76. The van der Waals surface area contributed by atoms with Gasteiger partial charge in [0.25, 0.3) is 0 Å². The zero-order chi connectivity index (χ0) is 9.90. The highest BCUT2D eigenvalue weighted by molar-refractivity contribution is 6.01. The first-order chi connectivity index (χ1) is 6.11. The van der Waals surface area contributed by atoms with Crippen molar-refractivity contribution in [2.75, 3.05) is 0 Å². The van der Waals surface area contributed by atoms with Crippen molar-refractivity contribution in [3.63, 3.8) is 0 Å². The number of aldehydes is 1. The van der Waals surface area contributed by atoms with E-state index in [2.05, 4.69) is 0 Å². The molecule has 1 rings (SSSR count). The SMILES string of the molecule is CC(C=O)(C(N)=O)c1ccccc1. The summed E-state index contributed by atoms with van der Waals surface area (Å²) >= 11 is 0. The minimum atomic E-state index is -1.21. The Kier molecular flexibility index (Phi) is 2.46. The molecule has 0 fully saturated rings. The van der Waals surface area contributed by atoms with Gasteiger partial charge in [-0.15, -0.1) is 0 Å². The lowest BCUT2D eigenvalue weighted by atomic mass is 9.83. The summed E-state index contributed by atoms with van der Waals surface area (Å²) in [6.45, 7) is 1.51. The molecule has 0 aliphatic carbocycles. The van der Waals surface area contributed by atoms with Crippen LogP contribution in [0.3, 0.4) is 0 Å². The molecule has 1 atom stereocenters. The molecule has 1 aromatic rings. The van der Waals surface area contributed by atoms with Gasteiger partial charge in [-0.05, 0) is 12.5 Å². The van der Waals surface area contributed by atoms with E-state index >= 15 is 0 Å². The molecule has 1 aromatic carbocycles. The molecule has 1 unspecified atom stereocenters. The quantitative estimate of drug-likeness (QED) is 0.543. The molecule has 0 aliphatic heterocycles. The summed E-state index contributed by atoms with van der Waals surface area (Å²) in [6.07, 6.45) is 0.574. The number of hydrogen-bond acceptors (Lipinski definition) is 2. The maximum atomic E-state index is 11.0. The Labute approximate surface area is 76.6 Å². The number of nitrogens with two attached hydrogens (primary N) is 1. The topological polar surface area (TPSA) is 60.2 Å². The van der Waals surface area contributed by atoms with E-state index in [4.69, 9.17) is 5.73 Å². The van der Waals surface area contributed by atoms with Gasteiger partial charge < -0.3 is 10.5 Å².